The van der Waals surface area contributed by atoms with Crippen LogP contribution in [0.25, 0.3) is 0 Å². The number of aryl methyl sites for hydroxylation is 1. The summed E-state index contributed by atoms with van der Waals surface area (Å²) >= 11 is 0. The first-order valence-electron chi connectivity index (χ1n) is 2.63. The van der Waals surface area contributed by atoms with E-state index >= 15 is 0 Å². The Kier molecular flexibility index (Phi) is 1.33. The lowest BCUT2D eigenvalue weighted by atomic mass is 10.4. The van der Waals surface area contributed by atoms with Crippen molar-refractivity contribution in [2.75, 3.05) is 0 Å². The van der Waals surface area contributed by atoms with Gasteiger partial charge in [-0.25, -0.2) is 4.79 Å². The van der Waals surface area contributed by atoms with E-state index in [0.29, 0.717) is 10.3 Å². The van der Waals surface area contributed by atoms with Crippen LogP contribution in [0.2, 0.25) is 0 Å². The van der Waals surface area contributed by atoms with E-state index in [-0.39, 0.29) is 0 Å². The minimum absolute atomic E-state index is 0.294. The van der Waals surface area contributed by atoms with Gasteiger partial charge in [0.05, 0.1) is 6.20 Å². The highest BCUT2D eigenvalue weighted by molar-refractivity contribution is 4.99. The third-order valence-corrected chi connectivity index (χ3v) is 1.10. The largest absolute Gasteiger partial charge is 0.424 e. The fraction of sp³-hybridized carbons (Fsp3) is 0.200. The first kappa shape index (κ1) is 6.60. The molecule has 0 aliphatic carbocycles. The Balaban J connectivity index is 3.59. The second kappa shape index (κ2) is 2.02. The summed E-state index contributed by atoms with van der Waals surface area (Å²) in [6.07, 6.45) is 1.06. The van der Waals surface area contributed by atoms with E-state index < -0.39 is 11.2 Å². The number of aromatic amines is 1. The number of nitrogens with zero attached hydrogens (tertiary/aromatic N) is 1. The van der Waals surface area contributed by atoms with Crippen molar-refractivity contribution in [2.24, 2.45) is 0 Å². The molecule has 0 aliphatic heterocycles. The molecule has 1 aromatic heterocycles. The molecular weight excluding hydrogens is 136 g/mol. The molecule has 2 N–H and O–H groups in total. The van der Waals surface area contributed by atoms with Gasteiger partial charge >= 0.3 is 5.69 Å². The third kappa shape index (κ3) is 0.928. The molecule has 0 saturated heterocycles. The van der Waals surface area contributed by atoms with E-state index in [2.05, 4.69) is 0 Å². The smallest absolute Gasteiger partial charge is 0.361 e. The number of H-pyrrole nitrogens is 1. The molecule has 0 spiro atoms. The van der Waals surface area contributed by atoms with Crippen LogP contribution in [0.15, 0.2) is 15.8 Å². The van der Waals surface area contributed by atoms with Crippen LogP contribution in [0.3, 0.4) is 0 Å². The van der Waals surface area contributed by atoms with Gasteiger partial charge in [0.25, 0.3) is 5.56 Å². The molecule has 0 fully saturated rings. The molecule has 1 rings (SSSR count). The molecule has 0 aromatic carbocycles. The van der Waals surface area contributed by atoms with Gasteiger partial charge in [-0.15, -0.1) is 4.73 Å². The molecule has 5 heteroatoms. The fourth-order valence-corrected chi connectivity index (χ4v) is 0.554. The van der Waals surface area contributed by atoms with E-state index in [1.807, 2.05) is 4.98 Å². The Morgan fingerprint density at radius 1 is 1.60 bits per heavy atom. The van der Waals surface area contributed by atoms with Crippen LogP contribution in [0.4, 0.5) is 0 Å². The second-order valence-corrected chi connectivity index (χ2v) is 1.92. The highest BCUT2D eigenvalue weighted by Gasteiger charge is 1.95. The van der Waals surface area contributed by atoms with Crippen LogP contribution >= 0.6 is 0 Å². The van der Waals surface area contributed by atoms with Crippen LogP contribution in [0.5, 0.6) is 0 Å². The Labute approximate surface area is 55.5 Å². The van der Waals surface area contributed by atoms with Gasteiger partial charge < -0.3 is 5.21 Å². The lowest BCUT2D eigenvalue weighted by molar-refractivity contribution is 0.169. The predicted molar refractivity (Wildman–Crippen MR) is 33.2 cm³/mol. The monoisotopic (exact) mass is 142 g/mol. The van der Waals surface area contributed by atoms with Gasteiger partial charge in [0, 0.05) is 5.56 Å². The van der Waals surface area contributed by atoms with Crippen LogP contribution in [0, 0.1) is 6.92 Å². The summed E-state index contributed by atoms with van der Waals surface area (Å²) in [5.74, 6) is 0. The zero-order valence-electron chi connectivity index (χ0n) is 5.29. The fourth-order valence-electron chi connectivity index (χ4n) is 0.554. The number of rotatable bonds is 0. The number of aromatic nitrogens is 2. The first-order chi connectivity index (χ1) is 4.61. The summed E-state index contributed by atoms with van der Waals surface area (Å²) in [5, 5.41) is 8.66. The van der Waals surface area contributed by atoms with Gasteiger partial charge in [-0.1, -0.05) is 0 Å². The summed E-state index contributed by atoms with van der Waals surface area (Å²) in [5.41, 5.74) is -1.01. The van der Waals surface area contributed by atoms with Gasteiger partial charge in [-0.2, -0.15) is 0 Å². The Morgan fingerprint density at radius 2 is 2.20 bits per heavy atom. The van der Waals surface area contributed by atoms with Crippen molar-refractivity contribution in [1.82, 2.24) is 9.71 Å². The number of hydrogen-bond acceptors (Lipinski definition) is 3. The molecule has 0 amide bonds. The van der Waals surface area contributed by atoms with Crippen LogP contribution < -0.4 is 11.2 Å². The van der Waals surface area contributed by atoms with E-state index in [1.54, 1.807) is 0 Å². The van der Waals surface area contributed by atoms with Crippen molar-refractivity contribution >= 4 is 0 Å². The van der Waals surface area contributed by atoms with E-state index in [9.17, 15) is 9.59 Å². The summed E-state index contributed by atoms with van der Waals surface area (Å²) in [7, 11) is 0. The summed E-state index contributed by atoms with van der Waals surface area (Å²) in [6.45, 7) is 1.49. The average molecular weight is 142 g/mol. The first-order valence-corrected chi connectivity index (χ1v) is 2.63. The van der Waals surface area contributed by atoms with Gasteiger partial charge in [-0.3, -0.25) is 9.78 Å². The zero-order chi connectivity index (χ0) is 7.72. The average Bonchev–Trinajstić information content (AvgIpc) is 1.84. The quantitative estimate of drug-likeness (QED) is 0.460. The molecule has 0 radical (unpaired) electrons. The molecule has 0 aliphatic rings. The minimum Gasteiger partial charge on any atom is -0.424 e. The van der Waals surface area contributed by atoms with Crippen molar-refractivity contribution in [2.45, 2.75) is 6.92 Å². The molecule has 0 saturated carbocycles. The minimum atomic E-state index is -0.824. The van der Waals surface area contributed by atoms with Gasteiger partial charge in [0.15, 0.2) is 0 Å². The highest BCUT2D eigenvalue weighted by Crippen LogP contribution is 1.77. The Morgan fingerprint density at radius 3 is 2.70 bits per heavy atom. The number of nitrogens with one attached hydrogen (secondary N) is 1. The van der Waals surface area contributed by atoms with Crippen molar-refractivity contribution < 1.29 is 5.21 Å². The van der Waals surface area contributed by atoms with Gasteiger partial charge in [0.2, 0.25) is 0 Å². The Hall–Kier alpha value is -1.52. The highest BCUT2D eigenvalue weighted by atomic mass is 16.5. The molecule has 10 heavy (non-hydrogen) atoms. The second-order valence-electron chi connectivity index (χ2n) is 1.92. The van der Waals surface area contributed by atoms with Crippen LogP contribution in [0.1, 0.15) is 5.56 Å². The molecule has 5 nitrogen and oxygen atoms in total. The summed E-state index contributed by atoms with van der Waals surface area (Å²) in [4.78, 5) is 23.0. The van der Waals surface area contributed by atoms with Gasteiger partial charge in [-0.05, 0) is 6.92 Å². The maximum atomic E-state index is 10.6. The maximum absolute atomic E-state index is 10.6. The molecule has 0 bridgehead atoms. The third-order valence-electron chi connectivity index (χ3n) is 1.10. The summed E-state index contributed by atoms with van der Waals surface area (Å²) < 4.78 is 0.330. The molecular formula is C5H6N2O3. The van der Waals surface area contributed by atoms with Crippen molar-refractivity contribution in [1.29, 1.82) is 0 Å². The lowest BCUT2D eigenvalue weighted by Gasteiger charge is -1.93. The normalized spacial score (nSPS) is 9.70. The van der Waals surface area contributed by atoms with Crippen LogP contribution in [-0.4, -0.2) is 14.9 Å². The summed E-state index contributed by atoms with van der Waals surface area (Å²) in [6, 6.07) is 0. The Bertz CT molecular complexity index is 317. The van der Waals surface area contributed by atoms with E-state index in [4.69, 9.17) is 5.21 Å². The zero-order valence-corrected chi connectivity index (χ0v) is 5.29. The maximum Gasteiger partial charge on any atom is 0.361 e. The number of hydrogen-bond donors (Lipinski definition) is 2. The topological polar surface area (TPSA) is 75.1 Å². The van der Waals surface area contributed by atoms with Gasteiger partial charge in [0.1, 0.15) is 0 Å². The van der Waals surface area contributed by atoms with Crippen molar-refractivity contribution in [3.8, 4) is 0 Å². The molecule has 1 heterocycles. The van der Waals surface area contributed by atoms with Crippen molar-refractivity contribution in [3.63, 3.8) is 0 Å². The van der Waals surface area contributed by atoms with Crippen molar-refractivity contribution in [3.05, 3.63) is 32.6 Å². The van der Waals surface area contributed by atoms with Crippen LogP contribution in [-0.2, 0) is 0 Å². The molecule has 1 aromatic rings. The molecule has 0 atom stereocenters. The predicted octanol–water partition coefficient (Wildman–Crippen LogP) is -0.918. The van der Waals surface area contributed by atoms with E-state index in [0.717, 1.165) is 6.20 Å². The SMILES string of the molecule is Cc1cn(O)c(=O)[nH]c1=O. The molecule has 0 unspecified atom stereocenters. The van der Waals surface area contributed by atoms with E-state index in [1.165, 1.54) is 6.92 Å². The molecule has 54 valence electrons. The standard InChI is InChI=1S/C5H6N2O3/c1-3-2-7(10)5(9)6-4(3)8/h2,10H,1H3,(H,6,8,9). The lowest BCUT2D eigenvalue weighted by Crippen LogP contribution is -2.29.